The molecule has 0 aromatic heterocycles. The number of carbonyl (C=O) groups excluding carboxylic acids is 3. The zero-order chi connectivity index (χ0) is 28.2. The van der Waals surface area contributed by atoms with Crippen molar-refractivity contribution in [1.29, 1.82) is 0 Å². The van der Waals surface area contributed by atoms with Crippen LogP contribution in [0.5, 0.6) is 0 Å². The van der Waals surface area contributed by atoms with E-state index in [0.29, 0.717) is 29.7 Å². The second-order valence-corrected chi connectivity index (χ2v) is 12.6. The largest absolute Gasteiger partial charge is 0.368 e. The molecule has 3 N–H and O–H groups in total. The summed E-state index contributed by atoms with van der Waals surface area (Å²) in [5, 5.41) is 5.72. The molecule has 2 aromatic rings. The first-order valence-electron chi connectivity index (χ1n) is 13.5. The van der Waals surface area contributed by atoms with Crippen LogP contribution in [-0.2, 0) is 24.3 Å². The van der Waals surface area contributed by atoms with Gasteiger partial charge in [0.2, 0.25) is 5.91 Å². The number of sulfonamides is 1. The van der Waals surface area contributed by atoms with Gasteiger partial charge in [0.1, 0.15) is 18.7 Å². The Morgan fingerprint density at radius 1 is 1.10 bits per heavy atom. The highest BCUT2D eigenvalue weighted by atomic mass is 32.2. The molecular formula is C29H37N3O6S. The number of ether oxygens (including phenoxy) is 1. The topological polar surface area (TPSA) is 131 Å². The molecule has 10 heteroatoms. The highest BCUT2D eigenvalue weighted by molar-refractivity contribution is 7.92. The van der Waals surface area contributed by atoms with Crippen LogP contribution in [0.1, 0.15) is 68.3 Å². The van der Waals surface area contributed by atoms with Crippen molar-refractivity contribution in [2.75, 3.05) is 11.3 Å². The first-order chi connectivity index (χ1) is 18.5. The quantitative estimate of drug-likeness (QED) is 0.410. The molecule has 2 aromatic carbocycles. The van der Waals surface area contributed by atoms with Crippen molar-refractivity contribution < 1.29 is 27.5 Å². The minimum absolute atomic E-state index is 0.0299. The lowest BCUT2D eigenvalue weighted by Gasteiger charge is -2.30. The van der Waals surface area contributed by atoms with E-state index in [1.807, 2.05) is 6.92 Å². The summed E-state index contributed by atoms with van der Waals surface area (Å²) in [5.74, 6) is -1.02. The van der Waals surface area contributed by atoms with E-state index in [4.69, 9.17) is 4.74 Å². The summed E-state index contributed by atoms with van der Waals surface area (Å²) in [7, 11) is -3.78. The van der Waals surface area contributed by atoms with Crippen molar-refractivity contribution in [2.24, 2.45) is 5.41 Å². The predicted molar refractivity (Wildman–Crippen MR) is 148 cm³/mol. The van der Waals surface area contributed by atoms with E-state index in [-0.39, 0.29) is 28.8 Å². The molecule has 0 bridgehead atoms. The molecule has 9 nitrogen and oxygen atoms in total. The second kappa shape index (κ2) is 11.9. The number of carbonyl (C=O) groups is 3. The van der Waals surface area contributed by atoms with Crippen LogP contribution in [0.25, 0.3) is 0 Å². The summed E-state index contributed by atoms with van der Waals surface area (Å²) in [6.07, 6.45) is 4.74. The van der Waals surface area contributed by atoms with E-state index in [9.17, 15) is 22.8 Å². The molecule has 0 spiro atoms. The van der Waals surface area contributed by atoms with Gasteiger partial charge in [-0.25, -0.2) is 8.42 Å². The first-order valence-corrected chi connectivity index (χ1v) is 14.9. The number of Topliss-reactive ketones (excluding diaryl/α,β-unsaturated/α-hetero) is 1. The molecule has 39 heavy (non-hydrogen) atoms. The van der Waals surface area contributed by atoms with Gasteiger partial charge in [0, 0.05) is 5.56 Å². The van der Waals surface area contributed by atoms with Gasteiger partial charge in [-0.15, -0.1) is 0 Å². The fourth-order valence-corrected chi connectivity index (χ4v) is 6.61. The molecule has 1 heterocycles. The lowest BCUT2D eigenvalue weighted by molar-refractivity contribution is -0.128. The van der Waals surface area contributed by atoms with Crippen LogP contribution in [0.3, 0.4) is 0 Å². The number of nitrogens with one attached hydrogen (secondary N) is 3. The molecule has 0 unspecified atom stereocenters. The Morgan fingerprint density at radius 3 is 2.44 bits per heavy atom. The van der Waals surface area contributed by atoms with E-state index in [2.05, 4.69) is 22.3 Å². The molecule has 1 saturated heterocycles. The van der Waals surface area contributed by atoms with E-state index >= 15 is 0 Å². The van der Waals surface area contributed by atoms with Crippen LogP contribution < -0.4 is 15.4 Å². The molecule has 1 aliphatic carbocycles. The summed E-state index contributed by atoms with van der Waals surface area (Å²) < 4.78 is 33.5. The molecule has 3 atom stereocenters. The number of benzene rings is 2. The van der Waals surface area contributed by atoms with E-state index < -0.39 is 33.9 Å². The zero-order valence-corrected chi connectivity index (χ0v) is 23.5. The normalized spacial score (nSPS) is 21.4. The highest BCUT2D eigenvalue weighted by Gasteiger charge is 2.40. The Morgan fingerprint density at radius 2 is 1.79 bits per heavy atom. The number of hydrogen-bond donors (Lipinski definition) is 3. The smallest absolute Gasteiger partial charge is 0.261 e. The van der Waals surface area contributed by atoms with Gasteiger partial charge in [-0.2, -0.15) is 0 Å². The number of ketones is 1. The molecule has 210 valence electrons. The van der Waals surface area contributed by atoms with Crippen LogP contribution in [0.2, 0.25) is 0 Å². The second-order valence-electron chi connectivity index (χ2n) is 10.9. The number of rotatable bonds is 10. The average Bonchev–Trinajstić information content (AvgIpc) is 3.50. The van der Waals surface area contributed by atoms with Crippen molar-refractivity contribution in [3.8, 4) is 0 Å². The maximum Gasteiger partial charge on any atom is 0.261 e. The van der Waals surface area contributed by atoms with Gasteiger partial charge in [-0.3, -0.25) is 19.1 Å². The number of anilines is 1. The summed E-state index contributed by atoms with van der Waals surface area (Å²) in [6.45, 7) is 5.70. The Kier molecular flexibility index (Phi) is 8.76. The molecule has 2 amide bonds. The summed E-state index contributed by atoms with van der Waals surface area (Å²) >= 11 is 0. The number of hydrogen-bond acceptors (Lipinski definition) is 6. The third-order valence-corrected chi connectivity index (χ3v) is 9.16. The van der Waals surface area contributed by atoms with E-state index in [1.54, 1.807) is 37.3 Å². The lowest BCUT2D eigenvalue weighted by atomic mass is 9.81. The molecule has 4 rings (SSSR count). The SMILES string of the molecule is CC[C@@H]1OCC(=O)[C@H]1NC(=O)[C@H](CC1(C)CCCC1)NC(=O)c1ccc(NS(=O)(=O)c2ccccc2)c(C)c1. The number of amides is 2. The van der Waals surface area contributed by atoms with Crippen molar-refractivity contribution in [1.82, 2.24) is 10.6 Å². The Labute approximate surface area is 230 Å². The lowest BCUT2D eigenvalue weighted by Crippen LogP contribution is -2.54. The summed E-state index contributed by atoms with van der Waals surface area (Å²) in [6, 6.07) is 11.1. The maximum atomic E-state index is 13.4. The Hall–Kier alpha value is -3.24. The van der Waals surface area contributed by atoms with Gasteiger partial charge in [0.15, 0.2) is 5.78 Å². The van der Waals surface area contributed by atoms with Crippen LogP contribution in [-0.4, -0.2) is 50.8 Å². The van der Waals surface area contributed by atoms with Gasteiger partial charge in [0.05, 0.1) is 16.7 Å². The molecular weight excluding hydrogens is 518 g/mol. The van der Waals surface area contributed by atoms with Crippen molar-refractivity contribution in [3.63, 3.8) is 0 Å². The van der Waals surface area contributed by atoms with Crippen LogP contribution in [0.4, 0.5) is 5.69 Å². The van der Waals surface area contributed by atoms with Gasteiger partial charge in [0.25, 0.3) is 15.9 Å². The van der Waals surface area contributed by atoms with E-state index in [0.717, 1.165) is 25.7 Å². The molecule has 1 aliphatic heterocycles. The van der Waals surface area contributed by atoms with Crippen molar-refractivity contribution in [2.45, 2.75) is 82.4 Å². The Bertz CT molecular complexity index is 1320. The van der Waals surface area contributed by atoms with Crippen molar-refractivity contribution >= 4 is 33.3 Å². The third kappa shape index (κ3) is 6.86. The minimum atomic E-state index is -3.78. The highest BCUT2D eigenvalue weighted by Crippen LogP contribution is 2.41. The minimum Gasteiger partial charge on any atom is -0.368 e. The van der Waals surface area contributed by atoms with Crippen LogP contribution >= 0.6 is 0 Å². The molecule has 2 fully saturated rings. The monoisotopic (exact) mass is 555 g/mol. The van der Waals surface area contributed by atoms with Gasteiger partial charge < -0.3 is 15.4 Å². The van der Waals surface area contributed by atoms with Crippen LogP contribution in [0.15, 0.2) is 53.4 Å². The van der Waals surface area contributed by atoms with Gasteiger partial charge >= 0.3 is 0 Å². The van der Waals surface area contributed by atoms with Gasteiger partial charge in [-0.1, -0.05) is 44.9 Å². The standard InChI is InChI=1S/C29H37N3O6S/c1-4-25-26(24(33)18-38-25)31-28(35)23(17-29(3)14-8-9-15-29)30-27(34)20-12-13-22(19(2)16-20)32-39(36,37)21-10-6-5-7-11-21/h5-7,10-13,16,23,25-26,32H,4,8-9,14-15,17-18H2,1-3H3,(H,30,34)(H,31,35)/t23-,25-,26+/m0/s1. The Balaban J connectivity index is 1.50. The zero-order valence-electron chi connectivity index (χ0n) is 22.7. The molecule has 0 radical (unpaired) electrons. The molecule has 2 aliphatic rings. The first kappa shape index (κ1) is 28.8. The summed E-state index contributed by atoms with van der Waals surface area (Å²) in [5.41, 5.74) is 1.13. The van der Waals surface area contributed by atoms with E-state index in [1.165, 1.54) is 18.2 Å². The van der Waals surface area contributed by atoms with Gasteiger partial charge in [-0.05, 0) is 73.9 Å². The fourth-order valence-electron chi connectivity index (χ4n) is 5.46. The number of aryl methyl sites for hydroxylation is 1. The van der Waals surface area contributed by atoms with Crippen molar-refractivity contribution in [3.05, 3.63) is 59.7 Å². The predicted octanol–water partition coefficient (Wildman–Crippen LogP) is 3.73. The molecule has 1 saturated carbocycles. The maximum absolute atomic E-state index is 13.4. The summed E-state index contributed by atoms with van der Waals surface area (Å²) in [4.78, 5) is 39.2. The fraction of sp³-hybridized carbons (Fsp3) is 0.483. The van der Waals surface area contributed by atoms with Crippen LogP contribution in [0, 0.1) is 12.3 Å². The average molecular weight is 556 g/mol. The third-order valence-electron chi connectivity index (χ3n) is 7.77.